The summed E-state index contributed by atoms with van der Waals surface area (Å²) >= 11 is 0. The highest BCUT2D eigenvalue weighted by Crippen LogP contribution is 2.50. The van der Waals surface area contributed by atoms with Gasteiger partial charge in [0.2, 0.25) is 5.95 Å². The number of nitrogens with two attached hydrogens (primary N) is 1. The van der Waals surface area contributed by atoms with Crippen molar-refractivity contribution in [3.63, 3.8) is 0 Å². The molecule has 1 saturated heterocycles. The number of H-pyrrole nitrogens is 2. The van der Waals surface area contributed by atoms with Crippen LogP contribution in [0.2, 0.25) is 0 Å². The first kappa shape index (κ1) is 19.9. The highest BCUT2D eigenvalue weighted by molar-refractivity contribution is 5.92. The predicted octanol–water partition coefficient (Wildman–Crippen LogP) is 2.95. The summed E-state index contributed by atoms with van der Waals surface area (Å²) in [4.78, 5) is 26.9. The fourth-order valence-electron chi connectivity index (χ4n) is 5.45. The second kappa shape index (κ2) is 7.38. The van der Waals surface area contributed by atoms with E-state index in [4.69, 9.17) is 10.7 Å². The Bertz CT molecular complexity index is 1410. The van der Waals surface area contributed by atoms with Crippen LogP contribution in [-0.2, 0) is 6.42 Å². The molecule has 4 heterocycles. The monoisotopic (exact) mass is 439 g/mol. The minimum Gasteiger partial charge on any atom is -0.342 e. The third-order valence-corrected chi connectivity index (χ3v) is 7.38. The number of nitrogens with one attached hydrogen (secondary N) is 2. The van der Waals surface area contributed by atoms with Gasteiger partial charge in [0.1, 0.15) is 11.1 Å². The zero-order valence-electron chi connectivity index (χ0n) is 18.2. The summed E-state index contributed by atoms with van der Waals surface area (Å²) < 4.78 is 0. The highest BCUT2D eigenvalue weighted by Gasteiger charge is 2.46. The maximum Gasteiger partial charge on any atom is 0.264 e. The number of hydrogen-bond donors (Lipinski definition) is 3. The van der Waals surface area contributed by atoms with Crippen LogP contribution in [0, 0.1) is 5.41 Å². The molecule has 0 saturated carbocycles. The number of piperidine rings is 1. The molecule has 1 atom stereocenters. The van der Waals surface area contributed by atoms with Gasteiger partial charge in [0.25, 0.3) is 5.56 Å². The normalized spacial score (nSPS) is 19.2. The standard InChI is InChI=1S/C25H25N7O/c1-15(16-6-10-27-11-7-16)20-19-22(31-30-20)28-24(29-23(19)33)32-12-8-25(9-13-32)14-17-4-2-3-5-18(17)21(25)26/h2-7,10-11,21H,1,8-9,12-14,26H2,(H2,28,29,30,31,33)/t21-/m1/s1. The van der Waals surface area contributed by atoms with Gasteiger partial charge in [-0.25, -0.2) is 0 Å². The molecule has 0 unspecified atom stereocenters. The molecule has 1 aliphatic carbocycles. The number of aromatic nitrogens is 5. The molecule has 2 aliphatic rings. The van der Waals surface area contributed by atoms with Crippen LogP contribution in [0.1, 0.15) is 41.3 Å². The first-order chi connectivity index (χ1) is 16.1. The number of fused-ring (bicyclic) bond motifs is 2. The first-order valence-corrected chi connectivity index (χ1v) is 11.2. The maximum absolute atomic E-state index is 13.1. The van der Waals surface area contributed by atoms with Crippen molar-refractivity contribution in [1.29, 1.82) is 0 Å². The average Bonchev–Trinajstić information content (AvgIpc) is 3.40. The Kier molecular flexibility index (Phi) is 4.45. The summed E-state index contributed by atoms with van der Waals surface area (Å²) in [6.07, 6.45) is 6.30. The van der Waals surface area contributed by atoms with Gasteiger partial charge in [0, 0.05) is 37.1 Å². The Morgan fingerprint density at radius 3 is 2.67 bits per heavy atom. The maximum atomic E-state index is 13.1. The molecule has 166 valence electrons. The lowest BCUT2D eigenvalue weighted by molar-refractivity contribution is 0.187. The van der Waals surface area contributed by atoms with E-state index in [1.54, 1.807) is 12.4 Å². The summed E-state index contributed by atoms with van der Waals surface area (Å²) in [6, 6.07) is 12.2. The van der Waals surface area contributed by atoms with E-state index in [0.717, 1.165) is 37.9 Å². The fourth-order valence-corrected chi connectivity index (χ4v) is 5.45. The van der Waals surface area contributed by atoms with Crippen LogP contribution in [0.15, 0.2) is 60.2 Å². The topological polar surface area (TPSA) is 117 Å². The lowest BCUT2D eigenvalue weighted by Gasteiger charge is -2.42. The van der Waals surface area contributed by atoms with Gasteiger partial charge in [-0.15, -0.1) is 0 Å². The molecule has 33 heavy (non-hydrogen) atoms. The van der Waals surface area contributed by atoms with Crippen LogP contribution in [-0.4, -0.2) is 38.2 Å². The van der Waals surface area contributed by atoms with Crippen LogP contribution in [0.3, 0.4) is 0 Å². The third kappa shape index (κ3) is 3.09. The molecule has 1 fully saturated rings. The molecular weight excluding hydrogens is 414 g/mol. The van der Waals surface area contributed by atoms with Crippen molar-refractivity contribution in [2.24, 2.45) is 11.1 Å². The van der Waals surface area contributed by atoms with E-state index in [1.807, 2.05) is 12.1 Å². The summed E-state index contributed by atoms with van der Waals surface area (Å²) in [5.74, 6) is 0.566. The molecule has 0 bridgehead atoms. The Hall–Kier alpha value is -3.78. The Labute approximate surface area is 190 Å². The van der Waals surface area contributed by atoms with Gasteiger partial charge in [-0.3, -0.25) is 19.9 Å². The quantitative estimate of drug-likeness (QED) is 0.452. The largest absolute Gasteiger partial charge is 0.342 e. The van der Waals surface area contributed by atoms with E-state index < -0.39 is 0 Å². The molecule has 3 aromatic heterocycles. The minimum atomic E-state index is -0.223. The van der Waals surface area contributed by atoms with Crippen molar-refractivity contribution in [1.82, 2.24) is 25.1 Å². The van der Waals surface area contributed by atoms with E-state index in [-0.39, 0.29) is 17.0 Å². The summed E-state index contributed by atoms with van der Waals surface area (Å²) in [5.41, 5.74) is 11.7. The molecule has 1 aromatic carbocycles. The van der Waals surface area contributed by atoms with E-state index in [0.29, 0.717) is 28.2 Å². The molecule has 4 aromatic rings. The van der Waals surface area contributed by atoms with Crippen molar-refractivity contribution in [3.8, 4) is 0 Å². The van der Waals surface area contributed by atoms with Gasteiger partial charge in [0.15, 0.2) is 5.65 Å². The second-order valence-corrected chi connectivity index (χ2v) is 9.10. The molecule has 6 rings (SSSR count). The van der Waals surface area contributed by atoms with Crippen molar-refractivity contribution in [2.75, 3.05) is 18.0 Å². The summed E-state index contributed by atoms with van der Waals surface area (Å²) in [6.45, 7) is 5.71. The molecule has 0 radical (unpaired) electrons. The number of anilines is 1. The number of benzene rings is 1. The van der Waals surface area contributed by atoms with Crippen molar-refractivity contribution in [3.05, 3.63) is 88.1 Å². The number of aromatic amines is 2. The van der Waals surface area contributed by atoms with Crippen molar-refractivity contribution < 1.29 is 0 Å². The second-order valence-electron chi connectivity index (χ2n) is 9.10. The highest BCUT2D eigenvalue weighted by atomic mass is 16.1. The number of nitrogens with zero attached hydrogens (tertiary/aromatic N) is 4. The van der Waals surface area contributed by atoms with Gasteiger partial charge in [-0.1, -0.05) is 30.8 Å². The van der Waals surface area contributed by atoms with Gasteiger partial charge in [-0.2, -0.15) is 10.1 Å². The van der Waals surface area contributed by atoms with Crippen molar-refractivity contribution >= 4 is 22.6 Å². The zero-order chi connectivity index (χ0) is 22.6. The number of pyridine rings is 1. The SMILES string of the molecule is C=C(c1ccncc1)c1n[nH]c2nc(N3CCC4(CC3)Cc3ccccc3[C@H]4N)[nH]c(=O)c12. The minimum absolute atomic E-state index is 0.0553. The molecule has 8 nitrogen and oxygen atoms in total. The Morgan fingerprint density at radius 1 is 1.15 bits per heavy atom. The predicted molar refractivity (Wildman–Crippen MR) is 128 cm³/mol. The van der Waals surface area contributed by atoms with Gasteiger partial charge >= 0.3 is 0 Å². The van der Waals surface area contributed by atoms with Crippen LogP contribution >= 0.6 is 0 Å². The lowest BCUT2D eigenvalue weighted by Crippen LogP contribution is -2.45. The van der Waals surface area contributed by atoms with E-state index >= 15 is 0 Å². The molecule has 0 amide bonds. The molecule has 8 heteroatoms. The van der Waals surface area contributed by atoms with Crippen LogP contribution in [0.25, 0.3) is 16.6 Å². The zero-order valence-corrected chi connectivity index (χ0v) is 18.2. The average molecular weight is 440 g/mol. The van der Waals surface area contributed by atoms with E-state index in [2.05, 4.69) is 55.9 Å². The third-order valence-electron chi connectivity index (χ3n) is 7.38. The summed E-state index contributed by atoms with van der Waals surface area (Å²) in [5, 5.41) is 7.69. The Morgan fingerprint density at radius 2 is 1.91 bits per heavy atom. The molecule has 4 N–H and O–H groups in total. The molecule has 1 aliphatic heterocycles. The van der Waals surface area contributed by atoms with Gasteiger partial charge < -0.3 is 10.6 Å². The molecular formula is C25H25N7O. The number of hydrogen-bond acceptors (Lipinski definition) is 6. The fraction of sp³-hybridized carbons (Fsp3) is 0.280. The van der Waals surface area contributed by atoms with E-state index in [9.17, 15) is 4.79 Å². The Balaban J connectivity index is 1.26. The van der Waals surface area contributed by atoms with Gasteiger partial charge in [-0.05, 0) is 53.5 Å². The summed E-state index contributed by atoms with van der Waals surface area (Å²) in [7, 11) is 0. The van der Waals surface area contributed by atoms with Crippen molar-refractivity contribution in [2.45, 2.75) is 25.3 Å². The number of rotatable bonds is 3. The van der Waals surface area contributed by atoms with Crippen LogP contribution < -0.4 is 16.2 Å². The first-order valence-electron chi connectivity index (χ1n) is 11.2. The van der Waals surface area contributed by atoms with E-state index in [1.165, 1.54) is 11.1 Å². The lowest BCUT2D eigenvalue weighted by atomic mass is 9.73. The van der Waals surface area contributed by atoms with Crippen LogP contribution in [0.4, 0.5) is 5.95 Å². The van der Waals surface area contributed by atoms with Crippen LogP contribution in [0.5, 0.6) is 0 Å². The van der Waals surface area contributed by atoms with Gasteiger partial charge in [0.05, 0.1) is 0 Å². The smallest absolute Gasteiger partial charge is 0.264 e. The molecule has 1 spiro atoms.